The highest BCUT2D eigenvalue weighted by molar-refractivity contribution is 7.26. The normalized spacial score (nSPS) is 12.0. The summed E-state index contributed by atoms with van der Waals surface area (Å²) in [6.07, 6.45) is 0. The first kappa shape index (κ1) is 27.7. The van der Waals surface area contributed by atoms with E-state index in [-0.39, 0.29) is 0 Å². The van der Waals surface area contributed by atoms with Crippen molar-refractivity contribution >= 4 is 85.8 Å². The Kier molecular flexibility index (Phi) is 5.89. The van der Waals surface area contributed by atoms with Crippen LogP contribution in [0.3, 0.4) is 0 Å². The zero-order chi connectivity index (χ0) is 32.8. The van der Waals surface area contributed by atoms with E-state index in [1.807, 2.05) is 11.3 Å². The van der Waals surface area contributed by atoms with Gasteiger partial charge in [-0.3, -0.25) is 0 Å². The molecule has 2 aromatic heterocycles. The predicted molar refractivity (Wildman–Crippen MR) is 215 cm³/mol. The van der Waals surface area contributed by atoms with Crippen LogP contribution in [0.25, 0.3) is 108 Å². The maximum Gasteiger partial charge on any atom is 0.136 e. The van der Waals surface area contributed by atoms with Gasteiger partial charge in [0.2, 0.25) is 0 Å². The number of rotatable bonds is 3. The molecule has 50 heavy (non-hydrogen) atoms. The van der Waals surface area contributed by atoms with Crippen molar-refractivity contribution in [2.75, 3.05) is 0 Å². The third-order valence-corrected chi connectivity index (χ3v) is 11.6. The van der Waals surface area contributed by atoms with E-state index in [0.717, 1.165) is 22.1 Å². The minimum absolute atomic E-state index is 0.919. The minimum atomic E-state index is 0.919. The summed E-state index contributed by atoms with van der Waals surface area (Å²) in [6.45, 7) is 0. The summed E-state index contributed by atoms with van der Waals surface area (Å²) in [4.78, 5) is 0. The van der Waals surface area contributed by atoms with Crippen LogP contribution in [0.4, 0.5) is 0 Å². The van der Waals surface area contributed by atoms with Crippen LogP contribution in [0.1, 0.15) is 0 Å². The molecular formula is C48H28OS. The molecule has 2 heterocycles. The van der Waals surface area contributed by atoms with Crippen molar-refractivity contribution in [3.8, 4) is 33.4 Å². The molecule has 0 aliphatic carbocycles. The van der Waals surface area contributed by atoms with Crippen LogP contribution in [0.5, 0.6) is 0 Å². The molecule has 2 heteroatoms. The quantitative estimate of drug-likeness (QED) is 0.173. The topological polar surface area (TPSA) is 13.1 Å². The molecule has 0 bridgehead atoms. The molecule has 0 saturated heterocycles. The summed E-state index contributed by atoms with van der Waals surface area (Å²) < 4.78 is 9.22. The molecular weight excluding hydrogens is 625 g/mol. The van der Waals surface area contributed by atoms with Gasteiger partial charge in [0.1, 0.15) is 11.2 Å². The SMILES string of the molecule is c1cc(-c2ccc3ccccc3c2)cc(-c2c3ccccc3c(-c3ccc4c(c3)oc3ccc5c6ccccc6sc5c34)c3ccccc23)c1. The lowest BCUT2D eigenvalue weighted by atomic mass is 9.85. The monoisotopic (exact) mass is 652 g/mol. The van der Waals surface area contributed by atoms with E-state index >= 15 is 0 Å². The van der Waals surface area contributed by atoms with Crippen molar-refractivity contribution < 1.29 is 4.42 Å². The fourth-order valence-corrected chi connectivity index (χ4v) is 9.43. The Morgan fingerprint density at radius 3 is 1.68 bits per heavy atom. The van der Waals surface area contributed by atoms with Crippen LogP contribution in [0.2, 0.25) is 0 Å². The molecule has 1 nitrogen and oxygen atoms in total. The van der Waals surface area contributed by atoms with Gasteiger partial charge in [-0.15, -0.1) is 11.3 Å². The van der Waals surface area contributed by atoms with Crippen LogP contribution in [-0.2, 0) is 0 Å². The summed E-state index contributed by atoms with van der Waals surface area (Å²) in [5, 5.41) is 12.4. The smallest absolute Gasteiger partial charge is 0.136 e. The standard InChI is InChI=1S/C48H28OS/c1-2-11-30-26-32(21-20-29(30)10-1)31-12-9-13-33(27-31)45-36-15-3-5-17-38(36)46(39-18-6-4-16-37(39)45)34-22-23-41-43(28-34)49-42-25-24-40-35-14-7-8-19-44(35)50-48(40)47(41)42/h1-28H. The van der Waals surface area contributed by atoms with Crippen molar-refractivity contribution in [1.82, 2.24) is 0 Å². The maximum atomic E-state index is 6.62. The Morgan fingerprint density at radius 1 is 0.340 bits per heavy atom. The van der Waals surface area contributed by atoms with Crippen molar-refractivity contribution in [1.29, 1.82) is 0 Å². The molecule has 0 fully saturated rings. The molecule has 0 radical (unpaired) electrons. The van der Waals surface area contributed by atoms with Gasteiger partial charge in [-0.05, 0) is 108 Å². The molecule has 11 rings (SSSR count). The maximum absolute atomic E-state index is 6.62. The summed E-state index contributed by atoms with van der Waals surface area (Å²) in [6, 6.07) is 62.0. The Bertz CT molecular complexity index is 3100. The highest BCUT2D eigenvalue weighted by Crippen LogP contribution is 2.47. The minimum Gasteiger partial charge on any atom is -0.456 e. The highest BCUT2D eigenvalue weighted by Gasteiger charge is 2.19. The van der Waals surface area contributed by atoms with Crippen LogP contribution in [0.15, 0.2) is 174 Å². The van der Waals surface area contributed by atoms with E-state index in [1.165, 1.54) is 85.7 Å². The number of hydrogen-bond donors (Lipinski definition) is 0. The number of thiophene rings is 1. The molecule has 232 valence electrons. The van der Waals surface area contributed by atoms with E-state index in [1.54, 1.807) is 0 Å². The average molecular weight is 653 g/mol. The third kappa shape index (κ3) is 4.06. The number of furan rings is 1. The molecule has 0 spiro atoms. The zero-order valence-corrected chi connectivity index (χ0v) is 27.8. The van der Waals surface area contributed by atoms with Crippen molar-refractivity contribution in [3.05, 3.63) is 170 Å². The lowest BCUT2D eigenvalue weighted by Gasteiger charge is -2.18. The average Bonchev–Trinajstić information content (AvgIpc) is 3.74. The zero-order valence-electron chi connectivity index (χ0n) is 27.0. The van der Waals surface area contributed by atoms with Gasteiger partial charge in [-0.2, -0.15) is 0 Å². The summed E-state index contributed by atoms with van der Waals surface area (Å²) in [7, 11) is 0. The first-order valence-corrected chi connectivity index (χ1v) is 17.9. The Hall–Kier alpha value is -6.22. The van der Waals surface area contributed by atoms with Gasteiger partial charge in [0, 0.05) is 30.9 Å². The van der Waals surface area contributed by atoms with Crippen LogP contribution < -0.4 is 0 Å². The Labute approximate surface area is 292 Å². The molecule has 0 unspecified atom stereocenters. The van der Waals surface area contributed by atoms with Gasteiger partial charge in [0.05, 0.1) is 0 Å². The Balaban J connectivity index is 1.13. The number of fused-ring (bicyclic) bond motifs is 10. The van der Waals surface area contributed by atoms with Crippen molar-refractivity contribution in [2.24, 2.45) is 0 Å². The van der Waals surface area contributed by atoms with Crippen LogP contribution in [0, 0.1) is 0 Å². The van der Waals surface area contributed by atoms with E-state index in [2.05, 4.69) is 170 Å². The second kappa shape index (κ2) is 10.6. The third-order valence-electron chi connectivity index (χ3n) is 10.4. The second-order valence-corrected chi connectivity index (χ2v) is 14.3. The van der Waals surface area contributed by atoms with E-state index in [9.17, 15) is 0 Å². The summed E-state index contributed by atoms with van der Waals surface area (Å²) >= 11 is 1.85. The van der Waals surface area contributed by atoms with Gasteiger partial charge < -0.3 is 4.42 Å². The fraction of sp³-hybridized carbons (Fsp3) is 0. The molecule has 0 N–H and O–H groups in total. The molecule has 0 atom stereocenters. The van der Waals surface area contributed by atoms with Gasteiger partial charge in [0.25, 0.3) is 0 Å². The highest BCUT2D eigenvalue weighted by atomic mass is 32.1. The van der Waals surface area contributed by atoms with Crippen LogP contribution >= 0.6 is 11.3 Å². The van der Waals surface area contributed by atoms with E-state index in [4.69, 9.17) is 4.42 Å². The van der Waals surface area contributed by atoms with Gasteiger partial charge in [-0.25, -0.2) is 0 Å². The van der Waals surface area contributed by atoms with Crippen LogP contribution in [-0.4, -0.2) is 0 Å². The lowest BCUT2D eigenvalue weighted by molar-refractivity contribution is 0.669. The van der Waals surface area contributed by atoms with E-state index < -0.39 is 0 Å². The molecule has 0 amide bonds. The van der Waals surface area contributed by atoms with E-state index in [0.29, 0.717) is 0 Å². The van der Waals surface area contributed by atoms with Crippen molar-refractivity contribution in [2.45, 2.75) is 0 Å². The van der Waals surface area contributed by atoms with Crippen molar-refractivity contribution in [3.63, 3.8) is 0 Å². The van der Waals surface area contributed by atoms with Gasteiger partial charge in [-0.1, -0.05) is 127 Å². The largest absolute Gasteiger partial charge is 0.456 e. The van der Waals surface area contributed by atoms with Gasteiger partial charge in [0.15, 0.2) is 0 Å². The molecule has 9 aromatic carbocycles. The second-order valence-electron chi connectivity index (χ2n) is 13.2. The first-order chi connectivity index (χ1) is 24.8. The summed E-state index contributed by atoms with van der Waals surface area (Å²) in [5.74, 6) is 0. The number of hydrogen-bond acceptors (Lipinski definition) is 2. The lowest BCUT2D eigenvalue weighted by Crippen LogP contribution is -1.91. The molecule has 11 aromatic rings. The first-order valence-electron chi connectivity index (χ1n) is 17.1. The fourth-order valence-electron chi connectivity index (χ4n) is 8.17. The molecule has 0 aliphatic rings. The predicted octanol–water partition coefficient (Wildman–Crippen LogP) is 14.4. The summed E-state index contributed by atoms with van der Waals surface area (Å²) in [5.41, 5.74) is 9.18. The molecule has 0 aliphatic heterocycles. The van der Waals surface area contributed by atoms with Gasteiger partial charge >= 0.3 is 0 Å². The number of benzene rings is 9. The molecule has 0 saturated carbocycles. The Morgan fingerprint density at radius 2 is 0.920 bits per heavy atom.